The van der Waals surface area contributed by atoms with E-state index in [9.17, 15) is 0 Å². The Bertz CT molecular complexity index is 1980. The smallest absolute Gasteiger partial charge is 1.00 e. The molecule has 2 aliphatic carbocycles. The van der Waals surface area contributed by atoms with Crippen molar-refractivity contribution in [1.82, 2.24) is 0 Å². The van der Waals surface area contributed by atoms with E-state index in [1.807, 2.05) is 42.9 Å². The summed E-state index contributed by atoms with van der Waals surface area (Å²) in [6.45, 7) is 1.07. The number of hydrogen-bond donors (Lipinski definition) is 2. The summed E-state index contributed by atoms with van der Waals surface area (Å²) < 4.78 is 8.32. The molecule has 0 amide bonds. The van der Waals surface area contributed by atoms with Gasteiger partial charge in [-0.2, -0.15) is 9.13 Å². The van der Waals surface area contributed by atoms with Crippen LogP contribution in [0.1, 0.15) is 77.0 Å². The number of rotatable bonds is 10. The average molecular weight is 876 g/mol. The summed E-state index contributed by atoms with van der Waals surface area (Å²) in [7, 11) is 4.06. The van der Waals surface area contributed by atoms with Crippen LogP contribution >= 0.6 is 0 Å². The van der Waals surface area contributed by atoms with Gasteiger partial charge in [-0.05, 0) is 58.9 Å². The molecule has 6 aromatic rings. The summed E-state index contributed by atoms with van der Waals surface area (Å²) in [5.41, 5.74) is 21.6. The third-order valence-electron chi connectivity index (χ3n) is 10.7. The van der Waals surface area contributed by atoms with Crippen molar-refractivity contribution in [1.29, 1.82) is 0 Å². The zero-order valence-electron chi connectivity index (χ0n) is 35.0. The van der Waals surface area contributed by atoms with E-state index in [1.165, 1.54) is 111 Å². The first kappa shape index (κ1) is 48.8. The zero-order valence-corrected chi connectivity index (χ0v) is 37.6. The van der Waals surface area contributed by atoms with E-state index >= 15 is 0 Å². The van der Waals surface area contributed by atoms with Crippen LogP contribution in [0, 0.1) is 5.92 Å². The topological polar surface area (TPSA) is 53.6 Å². The van der Waals surface area contributed by atoms with Crippen molar-refractivity contribution >= 4 is 22.2 Å². The van der Waals surface area contributed by atoms with Crippen molar-refractivity contribution < 1.29 is 57.2 Å². The molecule has 0 unspecified atom stereocenters. The van der Waals surface area contributed by atoms with Crippen LogP contribution in [0.4, 0.5) is 11.4 Å². The summed E-state index contributed by atoms with van der Waals surface area (Å²) in [5, 5.41) is 3.57. The Morgan fingerprint density at radius 2 is 0.881 bits per heavy atom. The predicted molar refractivity (Wildman–Crippen MR) is 235 cm³/mol. The molecule has 6 nitrogen and oxygen atoms in total. The minimum atomic E-state index is 0. The summed E-state index contributed by atoms with van der Waals surface area (Å²) in [6.07, 6.45) is 34.1. The molecule has 4 aromatic heterocycles. The summed E-state index contributed by atoms with van der Waals surface area (Å²) in [5.74, 6) is 1.02. The number of anilines is 2. The van der Waals surface area contributed by atoms with Crippen molar-refractivity contribution in [3.05, 3.63) is 147 Å². The van der Waals surface area contributed by atoms with E-state index in [2.05, 4.69) is 152 Å². The molecular weight excluding hydrogens is 811 g/mol. The molecule has 314 valence electrons. The molecule has 0 saturated heterocycles. The van der Waals surface area contributed by atoms with Crippen molar-refractivity contribution in [2.75, 3.05) is 17.6 Å². The molecule has 2 saturated carbocycles. The second-order valence-electron chi connectivity index (χ2n) is 15.1. The second-order valence-corrected chi connectivity index (χ2v) is 15.7. The predicted octanol–water partition coefficient (Wildman–Crippen LogP) is 3.16. The van der Waals surface area contributed by atoms with Gasteiger partial charge in [0, 0.05) is 90.7 Å². The molecule has 0 spiro atoms. The number of aryl methyl sites for hydroxylation is 2. The van der Waals surface area contributed by atoms with E-state index < -0.39 is 0 Å². The molecule has 0 radical (unpaired) electrons. The SMILES string of the molecule is C1CCCC1.C[n+]1ccc(-c2cc[n+](-c3ccc(N)cc3)cc2)cc1.C[n+]1ccc(-c2cc[n+](-c3ccc(NCCCCC4CCCC4)cc3)cc2)cc1.[CH2]=[Fe]=[CH2].[Cl-].[Cl-]. The Morgan fingerprint density at radius 3 is 1.27 bits per heavy atom. The number of hydrogen-bond acceptors (Lipinski definition) is 2. The third kappa shape index (κ3) is 16.9. The minimum Gasteiger partial charge on any atom is -1.00 e. The van der Waals surface area contributed by atoms with Crippen LogP contribution in [0.15, 0.2) is 147 Å². The Kier molecular flexibility index (Phi) is 22.6. The Labute approximate surface area is 372 Å². The largest absolute Gasteiger partial charge is 1.00 e. The maximum Gasteiger partial charge on any atom is -1.00 e. The van der Waals surface area contributed by atoms with Crippen LogP contribution in [0.25, 0.3) is 33.6 Å². The van der Waals surface area contributed by atoms with Gasteiger partial charge in [0.1, 0.15) is 14.1 Å². The quantitative estimate of drug-likeness (QED) is 0.0964. The summed E-state index contributed by atoms with van der Waals surface area (Å²) in [6, 6.07) is 33.7. The Hall–Kier alpha value is -4.52. The van der Waals surface area contributed by atoms with Gasteiger partial charge in [-0.25, -0.2) is 9.13 Å². The fraction of sp³-hybridized carbons (Fsp3) is 0.320. The number of nitrogen functional groups attached to an aromatic ring is 1. The molecule has 4 heterocycles. The first-order valence-corrected chi connectivity index (χ1v) is 22.2. The molecule has 9 heteroatoms. The van der Waals surface area contributed by atoms with Gasteiger partial charge in [0.25, 0.3) is 0 Å². The number of nitrogens with two attached hydrogens (primary N) is 1. The number of nitrogens with one attached hydrogen (secondary N) is 1. The van der Waals surface area contributed by atoms with Gasteiger partial charge in [-0.15, -0.1) is 0 Å². The molecular formula is C50H64Cl2FeN6+2. The monoisotopic (exact) mass is 874 g/mol. The molecule has 0 bridgehead atoms. The van der Waals surface area contributed by atoms with Crippen molar-refractivity contribution in [3.8, 4) is 33.6 Å². The van der Waals surface area contributed by atoms with Crippen LogP contribution in [-0.4, -0.2) is 17.4 Å². The number of nitrogens with zero attached hydrogens (tertiary/aromatic N) is 4. The zero-order chi connectivity index (χ0) is 40.1. The van der Waals surface area contributed by atoms with Crippen LogP contribution in [0.2, 0.25) is 0 Å². The first-order chi connectivity index (χ1) is 27.9. The van der Waals surface area contributed by atoms with Gasteiger partial charge in [0.2, 0.25) is 11.4 Å². The number of pyridine rings is 4. The molecule has 2 fully saturated rings. The molecule has 8 rings (SSSR count). The van der Waals surface area contributed by atoms with Gasteiger partial charge in [-0.3, -0.25) is 0 Å². The van der Waals surface area contributed by atoms with Crippen molar-refractivity contribution in [3.63, 3.8) is 0 Å². The Balaban J connectivity index is 0.000000268. The molecule has 0 aliphatic heterocycles. The molecule has 3 N–H and O–H groups in total. The van der Waals surface area contributed by atoms with Crippen LogP contribution in [0.3, 0.4) is 0 Å². The van der Waals surface area contributed by atoms with Gasteiger partial charge in [-0.1, -0.05) is 70.6 Å². The van der Waals surface area contributed by atoms with E-state index in [0.29, 0.717) is 0 Å². The maximum absolute atomic E-state index is 5.71. The second kappa shape index (κ2) is 27.3. The van der Waals surface area contributed by atoms with Crippen molar-refractivity contribution in [2.45, 2.75) is 77.0 Å². The van der Waals surface area contributed by atoms with Gasteiger partial charge in [0.15, 0.2) is 49.6 Å². The number of halogens is 2. The molecule has 59 heavy (non-hydrogen) atoms. The van der Waals surface area contributed by atoms with E-state index in [4.69, 9.17) is 5.73 Å². The minimum absolute atomic E-state index is 0. The molecule has 2 aromatic carbocycles. The fourth-order valence-electron chi connectivity index (χ4n) is 7.34. The fourth-order valence-corrected chi connectivity index (χ4v) is 7.34. The van der Waals surface area contributed by atoms with Crippen molar-refractivity contribution in [2.24, 2.45) is 20.0 Å². The number of unbranched alkanes of at least 4 members (excludes halogenated alkanes) is 1. The average Bonchev–Trinajstić information content (AvgIpc) is 4.02. The molecule has 0 atom stereocenters. The standard InChI is InChI=1S/C26H32N3.C17H16N3.C5H10.2CH2.2ClH.Fe/c1-28-18-13-23(14-19-28)24-15-20-29(21-16-24)26-11-9-25(10-12-26)27-17-5-4-8-22-6-2-3-7-22;1-19-10-6-14(7-11-19)15-8-12-20(13-9-15)17-4-2-16(18)3-5-17;1-2-4-5-3-1;;;;;/h9-16,18-22H,2-8,17H2,1H3;2-13,18H,1H3;1-5H2;2*1H2;2*1H;/q2*+1;;;;;;. The first-order valence-electron chi connectivity index (χ1n) is 20.6. The van der Waals surface area contributed by atoms with Gasteiger partial charge >= 0.3 is 24.9 Å². The van der Waals surface area contributed by atoms with Crippen LogP contribution in [-0.2, 0) is 28.2 Å². The normalized spacial score (nSPS) is 12.8. The van der Waals surface area contributed by atoms with E-state index in [0.717, 1.165) is 37.9 Å². The van der Waals surface area contributed by atoms with E-state index in [-0.39, 0.29) is 24.8 Å². The van der Waals surface area contributed by atoms with Crippen LogP contribution in [0.5, 0.6) is 0 Å². The van der Waals surface area contributed by atoms with Gasteiger partial charge < -0.3 is 35.9 Å². The summed E-state index contributed by atoms with van der Waals surface area (Å²) >= 11 is 0.750. The summed E-state index contributed by atoms with van der Waals surface area (Å²) in [4.78, 5) is 0. The number of aromatic nitrogens is 4. The van der Waals surface area contributed by atoms with Gasteiger partial charge in [0.05, 0.1) is 0 Å². The maximum atomic E-state index is 5.71. The molecule has 2 aliphatic rings. The van der Waals surface area contributed by atoms with Crippen LogP contribution < -0.4 is 54.1 Å². The number of benzene rings is 2. The van der Waals surface area contributed by atoms with E-state index in [1.54, 1.807) is 0 Å². The Morgan fingerprint density at radius 1 is 0.525 bits per heavy atom. The third-order valence-corrected chi connectivity index (χ3v) is 10.7.